The zero-order chi connectivity index (χ0) is 14.3. The van der Waals surface area contributed by atoms with E-state index in [1.54, 1.807) is 13.2 Å². The number of halogens is 1. The van der Waals surface area contributed by atoms with E-state index in [1.165, 1.54) is 12.1 Å². The summed E-state index contributed by atoms with van der Waals surface area (Å²) >= 11 is 3.32. The van der Waals surface area contributed by atoms with Gasteiger partial charge in [-0.25, -0.2) is 0 Å². The molecule has 0 unspecified atom stereocenters. The van der Waals surface area contributed by atoms with Gasteiger partial charge in [-0.1, -0.05) is 0 Å². The Morgan fingerprint density at radius 1 is 1.47 bits per heavy atom. The molecule has 0 heterocycles. The lowest BCUT2D eigenvalue weighted by Crippen LogP contribution is -2.28. The smallest absolute Gasteiger partial charge is 0.270 e. The van der Waals surface area contributed by atoms with Crippen LogP contribution in [-0.2, 0) is 4.74 Å². The average Bonchev–Trinajstić information content (AvgIpc) is 2.38. The lowest BCUT2D eigenvalue weighted by molar-refractivity contribution is -0.384. The van der Waals surface area contributed by atoms with Crippen LogP contribution < -0.4 is 5.32 Å². The summed E-state index contributed by atoms with van der Waals surface area (Å²) in [6, 6.07) is 4.69. The first-order chi connectivity index (χ1) is 9.04. The minimum absolute atomic E-state index is 0.0784. The van der Waals surface area contributed by atoms with E-state index in [1.807, 2.05) is 7.05 Å². The Balaban J connectivity index is 2.43. The molecule has 0 fully saturated rings. The molecule has 6 nitrogen and oxygen atoms in total. The molecule has 0 radical (unpaired) electrons. The Hall–Kier alpha value is -1.18. The second-order valence-corrected chi connectivity index (χ2v) is 5.00. The molecule has 0 aliphatic rings. The van der Waals surface area contributed by atoms with Crippen LogP contribution in [0.15, 0.2) is 22.7 Å². The number of non-ortho nitro benzene ring substituents is 1. The lowest BCUT2D eigenvalue weighted by atomic mass is 10.3. The maximum Gasteiger partial charge on any atom is 0.270 e. The molecule has 1 N–H and O–H groups in total. The molecule has 0 saturated heterocycles. The van der Waals surface area contributed by atoms with Crippen molar-refractivity contribution in [3.8, 4) is 0 Å². The predicted octanol–water partition coefficient (Wildman–Crippen LogP) is 2.35. The van der Waals surface area contributed by atoms with Crippen molar-refractivity contribution >= 4 is 27.3 Å². The Labute approximate surface area is 121 Å². The van der Waals surface area contributed by atoms with E-state index in [0.29, 0.717) is 11.1 Å². The fourth-order valence-corrected chi connectivity index (χ4v) is 2.01. The molecule has 0 spiro atoms. The Morgan fingerprint density at radius 2 is 2.21 bits per heavy atom. The molecule has 0 saturated carbocycles. The summed E-state index contributed by atoms with van der Waals surface area (Å²) in [5, 5.41) is 13.8. The van der Waals surface area contributed by atoms with Gasteiger partial charge in [0.25, 0.3) is 5.69 Å². The summed E-state index contributed by atoms with van der Waals surface area (Å²) in [4.78, 5) is 12.4. The van der Waals surface area contributed by atoms with Gasteiger partial charge in [-0.05, 0) is 29.0 Å². The molecule has 19 heavy (non-hydrogen) atoms. The molecule has 1 rings (SSSR count). The molecule has 1 aromatic rings. The van der Waals surface area contributed by atoms with Crippen LogP contribution >= 0.6 is 15.9 Å². The van der Waals surface area contributed by atoms with Crippen molar-refractivity contribution in [2.45, 2.75) is 0 Å². The number of likely N-dealkylation sites (N-methyl/N-ethyl adjacent to an activating group) is 1. The van der Waals surface area contributed by atoms with Gasteiger partial charge in [0.2, 0.25) is 0 Å². The number of hydrogen-bond acceptors (Lipinski definition) is 5. The number of anilines is 1. The molecule has 0 aromatic heterocycles. The molecule has 0 aliphatic heterocycles. The fraction of sp³-hybridized carbons (Fsp3) is 0.500. The number of nitrogens with one attached hydrogen (secondary N) is 1. The van der Waals surface area contributed by atoms with Gasteiger partial charge in [0.05, 0.1) is 11.5 Å². The van der Waals surface area contributed by atoms with Gasteiger partial charge in [-0.2, -0.15) is 0 Å². The second-order valence-electron chi connectivity index (χ2n) is 4.14. The minimum Gasteiger partial charge on any atom is -0.383 e. The van der Waals surface area contributed by atoms with Crippen LogP contribution in [0.4, 0.5) is 11.4 Å². The van der Waals surface area contributed by atoms with E-state index in [9.17, 15) is 10.1 Å². The van der Waals surface area contributed by atoms with Crippen LogP contribution in [0.25, 0.3) is 0 Å². The molecular formula is C12H18BrN3O3. The van der Waals surface area contributed by atoms with Crippen molar-refractivity contribution in [1.82, 2.24) is 4.90 Å². The van der Waals surface area contributed by atoms with E-state index in [-0.39, 0.29) is 5.69 Å². The van der Waals surface area contributed by atoms with Crippen molar-refractivity contribution in [1.29, 1.82) is 0 Å². The average molecular weight is 332 g/mol. The minimum atomic E-state index is -0.410. The highest BCUT2D eigenvalue weighted by atomic mass is 79.9. The SMILES string of the molecule is COCCN(C)CCNc1ccc([N+](=O)[O-])cc1Br. The highest BCUT2D eigenvalue weighted by Crippen LogP contribution is 2.26. The predicted molar refractivity (Wildman–Crippen MR) is 78.7 cm³/mol. The third kappa shape index (κ3) is 5.54. The Bertz CT molecular complexity index is 429. The summed E-state index contributed by atoms with van der Waals surface area (Å²) in [6.45, 7) is 3.21. The molecule has 0 aliphatic carbocycles. The summed E-state index contributed by atoms with van der Waals surface area (Å²) < 4.78 is 5.69. The lowest BCUT2D eigenvalue weighted by Gasteiger charge is -2.17. The Morgan fingerprint density at radius 3 is 2.79 bits per heavy atom. The standard InChI is InChI=1S/C12H18BrN3O3/c1-15(7-8-19-2)6-5-14-12-4-3-10(16(17)18)9-11(12)13/h3-4,9,14H,5-8H2,1-2H3. The highest BCUT2D eigenvalue weighted by Gasteiger charge is 2.08. The Kier molecular flexibility index (Phi) is 6.75. The van der Waals surface area contributed by atoms with Gasteiger partial charge in [0.1, 0.15) is 0 Å². The van der Waals surface area contributed by atoms with E-state index in [4.69, 9.17) is 4.74 Å². The van der Waals surface area contributed by atoms with E-state index in [2.05, 4.69) is 26.1 Å². The largest absolute Gasteiger partial charge is 0.383 e. The molecule has 0 bridgehead atoms. The summed E-state index contributed by atoms with van der Waals surface area (Å²) in [5.41, 5.74) is 0.931. The summed E-state index contributed by atoms with van der Waals surface area (Å²) in [5.74, 6) is 0. The number of benzene rings is 1. The van der Waals surface area contributed by atoms with Crippen LogP contribution in [0.3, 0.4) is 0 Å². The first kappa shape index (κ1) is 15.9. The molecular weight excluding hydrogens is 314 g/mol. The van der Waals surface area contributed by atoms with E-state index >= 15 is 0 Å². The van der Waals surface area contributed by atoms with Crippen LogP contribution in [0.2, 0.25) is 0 Å². The first-order valence-electron chi connectivity index (χ1n) is 5.90. The zero-order valence-electron chi connectivity index (χ0n) is 11.1. The molecule has 106 valence electrons. The molecule has 1 aromatic carbocycles. The topological polar surface area (TPSA) is 67.6 Å². The van der Waals surface area contributed by atoms with Crippen molar-refractivity contribution < 1.29 is 9.66 Å². The van der Waals surface area contributed by atoms with Gasteiger partial charge in [-0.15, -0.1) is 0 Å². The van der Waals surface area contributed by atoms with Crippen LogP contribution in [0.5, 0.6) is 0 Å². The summed E-state index contributed by atoms with van der Waals surface area (Å²) in [6.07, 6.45) is 0. The van der Waals surface area contributed by atoms with Crippen LogP contribution in [0, 0.1) is 10.1 Å². The van der Waals surface area contributed by atoms with Crippen molar-refractivity contribution in [2.75, 3.05) is 45.7 Å². The quantitative estimate of drug-likeness (QED) is 0.585. The normalized spacial score (nSPS) is 10.7. The fourth-order valence-electron chi connectivity index (χ4n) is 1.50. The van der Waals surface area contributed by atoms with Gasteiger partial charge >= 0.3 is 0 Å². The van der Waals surface area contributed by atoms with Gasteiger partial charge in [0.15, 0.2) is 0 Å². The number of hydrogen-bond donors (Lipinski definition) is 1. The first-order valence-corrected chi connectivity index (χ1v) is 6.69. The molecule has 0 atom stereocenters. The maximum absolute atomic E-state index is 10.6. The third-order valence-corrected chi connectivity index (χ3v) is 3.31. The highest BCUT2D eigenvalue weighted by molar-refractivity contribution is 9.10. The monoisotopic (exact) mass is 331 g/mol. The maximum atomic E-state index is 10.6. The number of nitro groups is 1. The number of rotatable bonds is 8. The summed E-state index contributed by atoms with van der Waals surface area (Å²) in [7, 11) is 3.70. The van der Waals surface area contributed by atoms with E-state index < -0.39 is 4.92 Å². The molecule has 7 heteroatoms. The van der Waals surface area contributed by atoms with Gasteiger partial charge in [-0.3, -0.25) is 10.1 Å². The van der Waals surface area contributed by atoms with Gasteiger partial charge < -0.3 is 15.0 Å². The van der Waals surface area contributed by atoms with Crippen molar-refractivity contribution in [3.05, 3.63) is 32.8 Å². The van der Waals surface area contributed by atoms with Gasteiger partial charge in [0, 0.05) is 49.0 Å². The van der Waals surface area contributed by atoms with Crippen molar-refractivity contribution in [2.24, 2.45) is 0 Å². The van der Waals surface area contributed by atoms with Crippen LogP contribution in [0.1, 0.15) is 0 Å². The molecule has 0 amide bonds. The third-order valence-electron chi connectivity index (χ3n) is 2.65. The second kappa shape index (κ2) is 8.08. The zero-order valence-corrected chi connectivity index (χ0v) is 12.6. The number of nitrogens with zero attached hydrogens (tertiary/aromatic N) is 2. The van der Waals surface area contributed by atoms with Crippen molar-refractivity contribution in [3.63, 3.8) is 0 Å². The van der Waals surface area contributed by atoms with Crippen LogP contribution in [-0.4, -0.2) is 50.2 Å². The number of nitro benzene ring substituents is 1. The number of methoxy groups -OCH3 is 1. The number of ether oxygens (including phenoxy) is 1. The van der Waals surface area contributed by atoms with E-state index in [0.717, 1.165) is 25.3 Å².